The Morgan fingerprint density at radius 2 is 1.89 bits per heavy atom. The molecule has 0 radical (unpaired) electrons. The van der Waals surface area contributed by atoms with Crippen molar-refractivity contribution in [3.8, 4) is 0 Å². The van der Waals surface area contributed by atoms with E-state index < -0.39 is 11.7 Å². The lowest BCUT2D eigenvalue weighted by Crippen LogP contribution is -2.18. The molecule has 0 aliphatic carbocycles. The fraction of sp³-hybridized carbons (Fsp3) is 0.105. The quantitative estimate of drug-likeness (QED) is 0.462. The second kappa shape index (κ2) is 8.99. The molecule has 0 unspecified atom stereocenters. The average molecular weight is 422 g/mol. The van der Waals surface area contributed by atoms with Gasteiger partial charge in [0.15, 0.2) is 5.16 Å². The molecule has 0 atom stereocenters. The van der Waals surface area contributed by atoms with Gasteiger partial charge in [-0.05, 0) is 35.9 Å². The SMILES string of the molecule is O=C(Cc1cc(=O)[nH]c(SCc2ccc(F)cc2)n1)Nc1ccc(F)c(Cl)c1. The molecule has 3 rings (SSSR count). The van der Waals surface area contributed by atoms with Crippen LogP contribution in [-0.2, 0) is 17.0 Å². The first-order valence-electron chi connectivity index (χ1n) is 8.11. The number of aromatic nitrogens is 2. The predicted octanol–water partition coefficient (Wildman–Crippen LogP) is 4.18. The molecule has 28 heavy (non-hydrogen) atoms. The van der Waals surface area contributed by atoms with E-state index >= 15 is 0 Å². The first-order valence-corrected chi connectivity index (χ1v) is 9.48. The summed E-state index contributed by atoms with van der Waals surface area (Å²) >= 11 is 6.95. The highest BCUT2D eigenvalue weighted by molar-refractivity contribution is 7.98. The van der Waals surface area contributed by atoms with E-state index in [-0.39, 0.29) is 28.5 Å². The van der Waals surface area contributed by atoms with Crippen molar-refractivity contribution in [1.29, 1.82) is 0 Å². The van der Waals surface area contributed by atoms with E-state index in [1.807, 2.05) is 0 Å². The Morgan fingerprint density at radius 3 is 2.61 bits per heavy atom. The van der Waals surface area contributed by atoms with Crippen LogP contribution in [-0.4, -0.2) is 15.9 Å². The Labute approximate surface area is 168 Å². The van der Waals surface area contributed by atoms with Crippen LogP contribution < -0.4 is 10.9 Å². The van der Waals surface area contributed by atoms with Gasteiger partial charge in [0.2, 0.25) is 5.91 Å². The summed E-state index contributed by atoms with van der Waals surface area (Å²) in [5.74, 6) is -0.850. The molecule has 2 aromatic carbocycles. The monoisotopic (exact) mass is 421 g/mol. The molecule has 1 heterocycles. The molecule has 0 spiro atoms. The number of halogens is 3. The first kappa shape index (κ1) is 20.0. The molecule has 9 heteroatoms. The average Bonchev–Trinajstić information content (AvgIpc) is 2.64. The summed E-state index contributed by atoms with van der Waals surface area (Å²) in [5.41, 5.74) is 1.11. The van der Waals surface area contributed by atoms with Crippen LogP contribution >= 0.6 is 23.4 Å². The van der Waals surface area contributed by atoms with Crippen molar-refractivity contribution in [1.82, 2.24) is 9.97 Å². The van der Waals surface area contributed by atoms with Gasteiger partial charge in [-0.15, -0.1) is 0 Å². The van der Waals surface area contributed by atoms with Crippen LogP contribution in [0.1, 0.15) is 11.3 Å². The lowest BCUT2D eigenvalue weighted by Gasteiger charge is -2.07. The molecule has 0 bridgehead atoms. The summed E-state index contributed by atoms with van der Waals surface area (Å²) in [4.78, 5) is 30.9. The van der Waals surface area contributed by atoms with Crippen molar-refractivity contribution in [3.63, 3.8) is 0 Å². The maximum absolute atomic E-state index is 13.2. The fourth-order valence-corrected chi connectivity index (χ4v) is 3.35. The van der Waals surface area contributed by atoms with Crippen LogP contribution in [0, 0.1) is 11.6 Å². The predicted molar refractivity (Wildman–Crippen MR) is 105 cm³/mol. The maximum atomic E-state index is 13.2. The third kappa shape index (κ3) is 5.64. The van der Waals surface area contributed by atoms with Gasteiger partial charge in [-0.25, -0.2) is 13.8 Å². The highest BCUT2D eigenvalue weighted by Crippen LogP contribution is 2.20. The van der Waals surface area contributed by atoms with Crippen LogP contribution in [0.3, 0.4) is 0 Å². The number of nitrogens with one attached hydrogen (secondary N) is 2. The number of benzene rings is 2. The molecule has 0 aliphatic rings. The molecule has 0 aliphatic heterocycles. The highest BCUT2D eigenvalue weighted by Gasteiger charge is 2.10. The van der Waals surface area contributed by atoms with Crippen LogP contribution in [0.25, 0.3) is 0 Å². The third-order valence-corrected chi connectivity index (χ3v) is 4.84. The second-order valence-electron chi connectivity index (χ2n) is 5.81. The number of hydrogen-bond donors (Lipinski definition) is 2. The van der Waals surface area contributed by atoms with Crippen molar-refractivity contribution in [3.05, 3.63) is 86.8 Å². The standard InChI is InChI=1S/C19H14ClF2N3O2S/c20-15-7-13(5-6-16(15)22)23-17(26)8-14-9-18(27)25-19(24-14)28-10-11-1-3-12(21)4-2-11/h1-7,9H,8,10H2,(H,23,26)(H,24,25,27). The summed E-state index contributed by atoms with van der Waals surface area (Å²) in [5, 5.41) is 2.82. The van der Waals surface area contributed by atoms with E-state index in [9.17, 15) is 18.4 Å². The van der Waals surface area contributed by atoms with Crippen LogP contribution in [0.2, 0.25) is 5.02 Å². The molecule has 2 N–H and O–H groups in total. The van der Waals surface area contributed by atoms with Gasteiger partial charge in [0, 0.05) is 17.5 Å². The lowest BCUT2D eigenvalue weighted by atomic mass is 10.2. The van der Waals surface area contributed by atoms with Gasteiger partial charge < -0.3 is 10.3 Å². The van der Waals surface area contributed by atoms with E-state index in [4.69, 9.17) is 11.6 Å². The number of H-pyrrole nitrogens is 1. The van der Waals surface area contributed by atoms with E-state index in [1.165, 1.54) is 42.1 Å². The molecule has 0 saturated carbocycles. The number of amides is 1. The van der Waals surface area contributed by atoms with Gasteiger partial charge in [0.25, 0.3) is 5.56 Å². The normalized spacial score (nSPS) is 10.7. The Hall–Kier alpha value is -2.71. The Bertz CT molecular complexity index is 1060. The molecular formula is C19H14ClF2N3O2S. The van der Waals surface area contributed by atoms with Crippen LogP contribution in [0.15, 0.2) is 58.5 Å². The van der Waals surface area contributed by atoms with E-state index in [1.54, 1.807) is 12.1 Å². The number of thioether (sulfide) groups is 1. The zero-order valence-corrected chi connectivity index (χ0v) is 15.9. The van der Waals surface area contributed by atoms with Crippen molar-refractivity contribution in [2.24, 2.45) is 0 Å². The minimum atomic E-state index is -0.584. The van der Waals surface area contributed by atoms with Gasteiger partial charge in [0.05, 0.1) is 17.1 Å². The molecular weight excluding hydrogens is 408 g/mol. The molecule has 5 nitrogen and oxygen atoms in total. The fourth-order valence-electron chi connectivity index (χ4n) is 2.32. The van der Waals surface area contributed by atoms with Gasteiger partial charge in [-0.1, -0.05) is 35.5 Å². The topological polar surface area (TPSA) is 74.8 Å². The maximum Gasteiger partial charge on any atom is 0.251 e. The molecule has 0 saturated heterocycles. The van der Waals surface area contributed by atoms with Crippen LogP contribution in [0.5, 0.6) is 0 Å². The minimum absolute atomic E-state index is 0.105. The van der Waals surface area contributed by atoms with Crippen molar-refractivity contribution in [2.75, 3.05) is 5.32 Å². The molecule has 0 fully saturated rings. The van der Waals surface area contributed by atoms with E-state index in [0.717, 1.165) is 11.6 Å². The second-order valence-corrected chi connectivity index (χ2v) is 7.18. The Balaban J connectivity index is 1.65. The zero-order valence-electron chi connectivity index (χ0n) is 14.3. The smallest absolute Gasteiger partial charge is 0.251 e. The summed E-state index contributed by atoms with van der Waals surface area (Å²) < 4.78 is 26.1. The van der Waals surface area contributed by atoms with Gasteiger partial charge in [0.1, 0.15) is 11.6 Å². The van der Waals surface area contributed by atoms with Crippen molar-refractivity contribution >= 4 is 35.0 Å². The van der Waals surface area contributed by atoms with Crippen molar-refractivity contribution in [2.45, 2.75) is 17.3 Å². The number of carbonyl (C=O) groups excluding carboxylic acids is 1. The van der Waals surface area contributed by atoms with Gasteiger partial charge in [-0.2, -0.15) is 0 Å². The zero-order chi connectivity index (χ0) is 20.1. The summed E-state index contributed by atoms with van der Waals surface area (Å²) in [7, 11) is 0. The summed E-state index contributed by atoms with van der Waals surface area (Å²) in [6, 6.07) is 11.1. The number of aromatic amines is 1. The lowest BCUT2D eigenvalue weighted by molar-refractivity contribution is -0.115. The van der Waals surface area contributed by atoms with E-state index in [0.29, 0.717) is 16.6 Å². The van der Waals surface area contributed by atoms with Crippen LogP contribution in [0.4, 0.5) is 14.5 Å². The Morgan fingerprint density at radius 1 is 1.14 bits per heavy atom. The summed E-state index contributed by atoms with van der Waals surface area (Å²) in [6.07, 6.45) is -0.136. The Kier molecular flexibility index (Phi) is 6.43. The number of rotatable bonds is 6. The van der Waals surface area contributed by atoms with Gasteiger partial charge >= 0.3 is 0 Å². The summed E-state index contributed by atoms with van der Waals surface area (Å²) in [6.45, 7) is 0. The first-order chi connectivity index (χ1) is 13.4. The van der Waals surface area contributed by atoms with E-state index in [2.05, 4.69) is 15.3 Å². The molecule has 3 aromatic rings. The molecule has 1 aromatic heterocycles. The third-order valence-electron chi connectivity index (χ3n) is 3.61. The molecule has 1 amide bonds. The molecule has 144 valence electrons. The highest BCUT2D eigenvalue weighted by atomic mass is 35.5. The minimum Gasteiger partial charge on any atom is -0.326 e. The number of anilines is 1. The number of nitrogens with zero attached hydrogens (tertiary/aromatic N) is 1. The number of carbonyl (C=O) groups is 1. The van der Waals surface area contributed by atoms with Gasteiger partial charge in [-0.3, -0.25) is 9.59 Å². The largest absolute Gasteiger partial charge is 0.326 e. The van der Waals surface area contributed by atoms with Crippen molar-refractivity contribution < 1.29 is 13.6 Å². The number of hydrogen-bond acceptors (Lipinski definition) is 4.